The number of nitrogens with zero attached hydrogens (tertiary/aromatic N) is 2. The van der Waals surface area contributed by atoms with Gasteiger partial charge in [0.2, 0.25) is 11.8 Å². The largest absolute Gasteiger partial charge is 0.459 e. The van der Waals surface area contributed by atoms with E-state index in [9.17, 15) is 28.8 Å². The first-order valence-electron chi connectivity index (χ1n) is 12.0. The molecule has 0 radical (unpaired) electrons. The topological polar surface area (TPSA) is 151 Å². The molecule has 2 aromatic carbocycles. The molecule has 3 fully saturated rings. The van der Waals surface area contributed by atoms with Crippen LogP contribution in [0, 0.1) is 11.8 Å². The van der Waals surface area contributed by atoms with Crippen molar-refractivity contribution >= 4 is 35.8 Å². The maximum absolute atomic E-state index is 12.7. The zero-order valence-electron chi connectivity index (χ0n) is 20.1. The number of carbonyl (C=O) groups is 6. The van der Waals surface area contributed by atoms with Crippen LogP contribution < -0.4 is 10.6 Å². The summed E-state index contributed by atoms with van der Waals surface area (Å²) in [7, 11) is 0. The number of ether oxygens (including phenoxy) is 2. The van der Waals surface area contributed by atoms with E-state index in [1.54, 1.807) is 48.5 Å². The lowest BCUT2D eigenvalue weighted by Crippen LogP contribution is -2.83. The van der Waals surface area contributed by atoms with Crippen molar-refractivity contribution < 1.29 is 38.2 Å². The van der Waals surface area contributed by atoms with Gasteiger partial charge in [-0.15, -0.1) is 0 Å². The number of imide groups is 2. The van der Waals surface area contributed by atoms with Crippen molar-refractivity contribution in [2.45, 2.75) is 25.3 Å². The molecule has 2 heterocycles. The highest BCUT2D eigenvalue weighted by atomic mass is 16.5. The van der Waals surface area contributed by atoms with Crippen LogP contribution in [0.25, 0.3) is 0 Å². The summed E-state index contributed by atoms with van der Waals surface area (Å²) in [4.78, 5) is 78.0. The first-order chi connectivity index (χ1) is 18.3. The first-order valence-corrected chi connectivity index (χ1v) is 12.0. The molecule has 4 atom stereocenters. The summed E-state index contributed by atoms with van der Waals surface area (Å²) >= 11 is 0. The quantitative estimate of drug-likeness (QED) is 0.479. The Morgan fingerprint density at radius 3 is 1.37 bits per heavy atom. The smallest absolute Gasteiger partial charge is 0.326 e. The first kappa shape index (κ1) is 24.9. The third-order valence-corrected chi connectivity index (χ3v) is 6.86. The lowest BCUT2D eigenvalue weighted by molar-refractivity contribution is -0.169. The van der Waals surface area contributed by atoms with Crippen LogP contribution in [-0.4, -0.2) is 70.8 Å². The number of amides is 6. The Bertz CT molecular complexity index is 1190. The molecular formula is C26H24N4O8. The summed E-state index contributed by atoms with van der Waals surface area (Å²) in [6, 6.07) is 14.2. The van der Waals surface area contributed by atoms with Gasteiger partial charge in [0.1, 0.15) is 26.3 Å². The van der Waals surface area contributed by atoms with E-state index in [0.717, 1.165) is 20.9 Å². The van der Waals surface area contributed by atoms with E-state index in [2.05, 4.69) is 10.6 Å². The highest BCUT2D eigenvalue weighted by molar-refractivity contribution is 6.08. The van der Waals surface area contributed by atoms with Crippen LogP contribution in [0.15, 0.2) is 60.7 Å². The van der Waals surface area contributed by atoms with Gasteiger partial charge in [0, 0.05) is 0 Å². The van der Waals surface area contributed by atoms with Gasteiger partial charge in [-0.3, -0.25) is 29.8 Å². The second kappa shape index (κ2) is 10.3. The number of rotatable bonds is 8. The molecule has 0 unspecified atom stereocenters. The fourth-order valence-corrected chi connectivity index (χ4v) is 5.09. The third-order valence-electron chi connectivity index (χ3n) is 6.86. The number of nitrogens with one attached hydrogen (secondary N) is 2. The van der Waals surface area contributed by atoms with Crippen LogP contribution in [0.2, 0.25) is 0 Å². The Hall–Kier alpha value is -4.74. The molecule has 6 amide bonds. The summed E-state index contributed by atoms with van der Waals surface area (Å²) in [5.74, 6) is -4.86. The zero-order valence-corrected chi connectivity index (χ0v) is 20.1. The van der Waals surface area contributed by atoms with Crippen molar-refractivity contribution in [3.63, 3.8) is 0 Å². The van der Waals surface area contributed by atoms with E-state index in [1.807, 2.05) is 12.1 Å². The average Bonchev–Trinajstić information content (AvgIpc) is 2.89. The van der Waals surface area contributed by atoms with Gasteiger partial charge in [0.05, 0.1) is 23.9 Å². The lowest BCUT2D eigenvalue weighted by Gasteiger charge is -2.60. The Morgan fingerprint density at radius 2 is 1.00 bits per heavy atom. The van der Waals surface area contributed by atoms with Crippen molar-refractivity contribution in [3.05, 3.63) is 71.8 Å². The van der Waals surface area contributed by atoms with Gasteiger partial charge in [0.25, 0.3) is 0 Å². The SMILES string of the molecule is O=C(CN1C(=O)NC(=O)[C@@H]2[C@H]3C(=O)NC(=O)N(CC(=O)OCc4ccccc4)[C@H]3[C@@H]21)OCc1ccccc1. The maximum Gasteiger partial charge on any atom is 0.326 e. The number of hydrogen-bond donors (Lipinski definition) is 2. The van der Waals surface area contributed by atoms with E-state index in [0.29, 0.717) is 0 Å². The second-order valence-electron chi connectivity index (χ2n) is 9.17. The van der Waals surface area contributed by atoms with Gasteiger partial charge in [0.15, 0.2) is 0 Å². The van der Waals surface area contributed by atoms with Crippen LogP contribution in [0.3, 0.4) is 0 Å². The van der Waals surface area contributed by atoms with Crippen LogP contribution in [0.4, 0.5) is 9.59 Å². The molecule has 196 valence electrons. The van der Waals surface area contributed by atoms with E-state index < -0.39 is 72.8 Å². The number of fused-ring (bicyclic) bond motifs is 4. The molecule has 2 aromatic rings. The van der Waals surface area contributed by atoms with Crippen molar-refractivity contribution in [3.8, 4) is 0 Å². The maximum atomic E-state index is 12.7. The van der Waals surface area contributed by atoms with Gasteiger partial charge in [-0.1, -0.05) is 60.7 Å². The van der Waals surface area contributed by atoms with Crippen molar-refractivity contribution in [2.24, 2.45) is 11.8 Å². The molecule has 12 heteroatoms. The highest BCUT2D eigenvalue weighted by Crippen LogP contribution is 2.45. The lowest BCUT2D eigenvalue weighted by atomic mass is 9.61. The molecule has 1 aliphatic carbocycles. The second-order valence-corrected chi connectivity index (χ2v) is 9.17. The van der Waals surface area contributed by atoms with E-state index in [4.69, 9.17) is 9.47 Å². The Labute approximate surface area is 216 Å². The summed E-state index contributed by atoms with van der Waals surface area (Å²) in [5.41, 5.74) is 1.49. The Kier molecular flexibility index (Phi) is 6.77. The number of benzene rings is 2. The zero-order chi connectivity index (χ0) is 26.8. The molecule has 0 aromatic heterocycles. The normalized spacial score (nSPS) is 23.9. The van der Waals surface area contributed by atoms with Gasteiger partial charge in [-0.05, 0) is 11.1 Å². The minimum Gasteiger partial charge on any atom is -0.459 e. The summed E-state index contributed by atoms with van der Waals surface area (Å²) in [5, 5.41) is 4.33. The van der Waals surface area contributed by atoms with E-state index >= 15 is 0 Å². The monoisotopic (exact) mass is 520 g/mol. The molecule has 1 saturated carbocycles. The van der Waals surface area contributed by atoms with Crippen LogP contribution >= 0.6 is 0 Å². The third kappa shape index (κ3) is 4.80. The predicted molar refractivity (Wildman–Crippen MR) is 128 cm³/mol. The van der Waals surface area contributed by atoms with Crippen molar-refractivity contribution in [1.29, 1.82) is 0 Å². The number of hydrogen-bond acceptors (Lipinski definition) is 8. The minimum absolute atomic E-state index is 0.0194. The van der Waals surface area contributed by atoms with Crippen molar-refractivity contribution in [2.75, 3.05) is 13.1 Å². The van der Waals surface area contributed by atoms with Gasteiger partial charge in [-0.25, -0.2) is 9.59 Å². The molecule has 3 aliphatic rings. The summed E-state index contributed by atoms with van der Waals surface area (Å²) in [6.07, 6.45) is 0. The number of esters is 2. The predicted octanol–water partition coefficient (Wildman–Crippen LogP) is 0.560. The van der Waals surface area contributed by atoms with Crippen molar-refractivity contribution in [1.82, 2.24) is 20.4 Å². The minimum atomic E-state index is -1.00. The molecular weight excluding hydrogens is 496 g/mol. The van der Waals surface area contributed by atoms with Crippen LogP contribution in [0.5, 0.6) is 0 Å². The number of urea groups is 2. The van der Waals surface area contributed by atoms with Gasteiger partial charge >= 0.3 is 24.0 Å². The molecule has 2 N–H and O–H groups in total. The Balaban J connectivity index is 1.30. The molecule has 5 rings (SSSR count). The average molecular weight is 520 g/mol. The molecule has 2 saturated heterocycles. The van der Waals surface area contributed by atoms with Crippen LogP contribution in [-0.2, 0) is 41.9 Å². The number of carbonyl (C=O) groups excluding carboxylic acids is 6. The highest BCUT2D eigenvalue weighted by Gasteiger charge is 2.67. The molecule has 38 heavy (non-hydrogen) atoms. The molecule has 0 bridgehead atoms. The van der Waals surface area contributed by atoms with Gasteiger partial charge in [-0.2, -0.15) is 0 Å². The van der Waals surface area contributed by atoms with Gasteiger partial charge < -0.3 is 19.3 Å². The molecule has 12 nitrogen and oxygen atoms in total. The van der Waals surface area contributed by atoms with E-state index in [1.165, 1.54) is 0 Å². The standard InChI is InChI=1S/C26H24N4O8/c31-17(37-13-15-7-3-1-4-8-15)11-29-21-19(23(33)27-25(29)35)20-22(21)30(26(36)28-24(20)34)12-18(32)38-14-16-9-5-2-6-10-16/h1-10,19-22H,11-14H2,(H,27,33,35)(H,28,34,36)/t19-,20-,21-,22-/m1/s1. The molecule has 0 spiro atoms. The summed E-state index contributed by atoms with van der Waals surface area (Å²) in [6.45, 7) is -1.07. The van der Waals surface area contributed by atoms with Crippen LogP contribution in [0.1, 0.15) is 11.1 Å². The fraction of sp³-hybridized carbons (Fsp3) is 0.308. The Morgan fingerprint density at radius 1 is 0.632 bits per heavy atom. The van der Waals surface area contributed by atoms with E-state index in [-0.39, 0.29) is 13.2 Å². The molecule has 2 aliphatic heterocycles. The summed E-state index contributed by atoms with van der Waals surface area (Å²) < 4.78 is 10.6. The fourth-order valence-electron chi connectivity index (χ4n) is 5.09.